The molecule has 2 N–H and O–H groups in total. The maximum atomic E-state index is 11.5. The van der Waals surface area contributed by atoms with Gasteiger partial charge < -0.3 is 10.4 Å². The van der Waals surface area contributed by atoms with Crippen LogP contribution in [0.2, 0.25) is 5.15 Å². The molecule has 0 aliphatic carbocycles. The Morgan fingerprint density at radius 3 is 2.65 bits per heavy atom. The van der Waals surface area contributed by atoms with Crippen molar-refractivity contribution in [3.05, 3.63) is 23.2 Å². The molecule has 0 aromatic carbocycles. The van der Waals surface area contributed by atoms with Crippen molar-refractivity contribution in [2.24, 2.45) is 0 Å². The molecule has 0 spiro atoms. The van der Waals surface area contributed by atoms with Gasteiger partial charge >= 0.3 is 0 Å². The average molecular weight is 258 g/mol. The van der Waals surface area contributed by atoms with Gasteiger partial charge in [-0.2, -0.15) is 0 Å². The number of aliphatic hydroxyl groups excluding tert-OH is 1. The molecule has 0 saturated carbocycles. The standard InChI is InChI=1S/C11H16ClN3O2/c12-10-8-14-9(7-15-10)11(17)13-5-3-1-2-4-6-16/h7-8,16H,1-6H2,(H,13,17). The average Bonchev–Trinajstić information content (AvgIpc) is 2.34. The Labute approximate surface area is 105 Å². The molecule has 0 bridgehead atoms. The number of amides is 1. The summed E-state index contributed by atoms with van der Waals surface area (Å²) in [6, 6.07) is 0. The summed E-state index contributed by atoms with van der Waals surface area (Å²) in [7, 11) is 0. The molecule has 0 aliphatic rings. The summed E-state index contributed by atoms with van der Waals surface area (Å²) >= 11 is 5.57. The molecule has 1 rings (SSSR count). The van der Waals surface area contributed by atoms with Gasteiger partial charge in [-0.3, -0.25) is 4.79 Å². The van der Waals surface area contributed by atoms with Crippen molar-refractivity contribution in [2.75, 3.05) is 13.2 Å². The Morgan fingerprint density at radius 1 is 1.24 bits per heavy atom. The predicted molar refractivity (Wildman–Crippen MR) is 64.9 cm³/mol. The second-order valence-corrected chi connectivity index (χ2v) is 4.01. The van der Waals surface area contributed by atoms with Gasteiger partial charge in [-0.05, 0) is 12.8 Å². The van der Waals surface area contributed by atoms with Crippen LogP contribution >= 0.6 is 11.6 Å². The minimum absolute atomic E-state index is 0.229. The number of carbonyl (C=O) groups is 1. The van der Waals surface area contributed by atoms with E-state index in [1.807, 2.05) is 0 Å². The first-order valence-corrected chi connectivity index (χ1v) is 5.98. The number of aliphatic hydroxyl groups is 1. The Kier molecular flexibility index (Phi) is 6.50. The fraction of sp³-hybridized carbons (Fsp3) is 0.545. The van der Waals surface area contributed by atoms with Crippen LogP contribution in [-0.4, -0.2) is 34.1 Å². The first-order chi connectivity index (χ1) is 8.24. The van der Waals surface area contributed by atoms with E-state index in [4.69, 9.17) is 16.7 Å². The van der Waals surface area contributed by atoms with Crippen molar-refractivity contribution in [3.8, 4) is 0 Å². The summed E-state index contributed by atoms with van der Waals surface area (Å²) in [6.07, 6.45) is 6.38. The highest BCUT2D eigenvalue weighted by atomic mass is 35.5. The van der Waals surface area contributed by atoms with Crippen LogP contribution in [0, 0.1) is 0 Å². The second kappa shape index (κ2) is 7.97. The number of hydrogen-bond acceptors (Lipinski definition) is 4. The van der Waals surface area contributed by atoms with Gasteiger partial charge in [0.25, 0.3) is 5.91 Å². The molecule has 1 amide bonds. The fourth-order valence-corrected chi connectivity index (χ4v) is 1.41. The maximum Gasteiger partial charge on any atom is 0.271 e. The van der Waals surface area contributed by atoms with Crippen LogP contribution in [0.1, 0.15) is 36.2 Å². The Balaban J connectivity index is 2.19. The minimum atomic E-state index is -0.240. The van der Waals surface area contributed by atoms with Crippen molar-refractivity contribution in [1.82, 2.24) is 15.3 Å². The van der Waals surface area contributed by atoms with Crippen LogP contribution in [-0.2, 0) is 0 Å². The van der Waals surface area contributed by atoms with E-state index < -0.39 is 0 Å². The summed E-state index contributed by atoms with van der Waals surface area (Å²) in [4.78, 5) is 19.2. The van der Waals surface area contributed by atoms with Gasteiger partial charge in [0.2, 0.25) is 0 Å². The van der Waals surface area contributed by atoms with Crippen LogP contribution in [0.15, 0.2) is 12.4 Å². The van der Waals surface area contributed by atoms with Crippen LogP contribution in [0.3, 0.4) is 0 Å². The van der Waals surface area contributed by atoms with E-state index >= 15 is 0 Å². The van der Waals surface area contributed by atoms with Crippen molar-refractivity contribution >= 4 is 17.5 Å². The minimum Gasteiger partial charge on any atom is -0.396 e. The SMILES string of the molecule is O=C(NCCCCCCO)c1cnc(Cl)cn1. The van der Waals surface area contributed by atoms with Crippen molar-refractivity contribution in [3.63, 3.8) is 0 Å². The third kappa shape index (κ3) is 5.60. The molecule has 6 heteroatoms. The summed E-state index contributed by atoms with van der Waals surface area (Å²) < 4.78 is 0. The smallest absolute Gasteiger partial charge is 0.271 e. The number of halogens is 1. The third-order valence-electron chi connectivity index (χ3n) is 2.22. The van der Waals surface area contributed by atoms with Crippen LogP contribution < -0.4 is 5.32 Å². The molecule has 5 nitrogen and oxygen atoms in total. The zero-order valence-corrected chi connectivity index (χ0v) is 10.3. The Hall–Kier alpha value is -1.20. The molecule has 1 aromatic heterocycles. The lowest BCUT2D eigenvalue weighted by molar-refractivity contribution is 0.0947. The van der Waals surface area contributed by atoms with Crippen molar-refractivity contribution in [2.45, 2.75) is 25.7 Å². The van der Waals surface area contributed by atoms with Crippen molar-refractivity contribution < 1.29 is 9.90 Å². The topological polar surface area (TPSA) is 75.1 Å². The molecule has 1 aromatic rings. The van der Waals surface area contributed by atoms with E-state index in [1.165, 1.54) is 12.4 Å². The van der Waals surface area contributed by atoms with Gasteiger partial charge in [0.15, 0.2) is 0 Å². The largest absolute Gasteiger partial charge is 0.396 e. The van der Waals surface area contributed by atoms with E-state index in [1.54, 1.807) is 0 Å². The number of aromatic nitrogens is 2. The van der Waals surface area contributed by atoms with Gasteiger partial charge in [0, 0.05) is 13.2 Å². The number of carbonyl (C=O) groups excluding carboxylic acids is 1. The maximum absolute atomic E-state index is 11.5. The highest BCUT2D eigenvalue weighted by Crippen LogP contribution is 2.01. The molecule has 94 valence electrons. The molecule has 1 heterocycles. The zero-order valence-electron chi connectivity index (χ0n) is 9.53. The molecule has 0 radical (unpaired) electrons. The Bertz CT molecular complexity index is 343. The van der Waals surface area contributed by atoms with Gasteiger partial charge in [-0.25, -0.2) is 9.97 Å². The molecule has 0 unspecified atom stereocenters. The van der Waals surface area contributed by atoms with E-state index in [-0.39, 0.29) is 23.4 Å². The van der Waals surface area contributed by atoms with Crippen molar-refractivity contribution in [1.29, 1.82) is 0 Å². The van der Waals surface area contributed by atoms with Crippen LogP contribution in [0.5, 0.6) is 0 Å². The number of nitrogens with one attached hydrogen (secondary N) is 1. The molecular weight excluding hydrogens is 242 g/mol. The molecule has 17 heavy (non-hydrogen) atoms. The van der Waals surface area contributed by atoms with Crippen LogP contribution in [0.25, 0.3) is 0 Å². The van der Waals surface area contributed by atoms with Gasteiger partial charge in [0.05, 0.1) is 12.4 Å². The fourth-order valence-electron chi connectivity index (χ4n) is 1.31. The number of unbranched alkanes of at least 4 members (excludes halogenated alkanes) is 3. The summed E-state index contributed by atoms with van der Waals surface area (Å²) in [5, 5.41) is 11.6. The van der Waals surface area contributed by atoms with E-state index in [0.717, 1.165) is 25.7 Å². The highest BCUT2D eigenvalue weighted by molar-refractivity contribution is 6.29. The lowest BCUT2D eigenvalue weighted by Gasteiger charge is -2.04. The lowest BCUT2D eigenvalue weighted by atomic mass is 10.2. The van der Waals surface area contributed by atoms with Crippen LogP contribution in [0.4, 0.5) is 0 Å². The monoisotopic (exact) mass is 257 g/mol. The summed E-state index contributed by atoms with van der Waals surface area (Å²) in [5.41, 5.74) is 0.268. The number of hydrogen-bond donors (Lipinski definition) is 2. The Morgan fingerprint density at radius 2 is 2.00 bits per heavy atom. The second-order valence-electron chi connectivity index (χ2n) is 3.62. The quantitative estimate of drug-likeness (QED) is 0.725. The van der Waals surface area contributed by atoms with E-state index in [0.29, 0.717) is 6.54 Å². The van der Waals surface area contributed by atoms with E-state index in [9.17, 15) is 4.79 Å². The number of nitrogens with zero attached hydrogens (tertiary/aromatic N) is 2. The predicted octanol–water partition coefficient (Wildman–Crippen LogP) is 1.41. The van der Waals surface area contributed by atoms with Gasteiger partial charge in [-0.15, -0.1) is 0 Å². The first-order valence-electron chi connectivity index (χ1n) is 5.60. The first kappa shape index (κ1) is 13.9. The molecular formula is C11H16ClN3O2. The highest BCUT2D eigenvalue weighted by Gasteiger charge is 2.06. The molecule has 0 saturated heterocycles. The lowest BCUT2D eigenvalue weighted by Crippen LogP contribution is -2.25. The number of rotatable bonds is 7. The molecule has 0 fully saturated rings. The van der Waals surface area contributed by atoms with Gasteiger partial charge in [0.1, 0.15) is 10.8 Å². The summed E-state index contributed by atoms with van der Waals surface area (Å²) in [5.74, 6) is -0.240. The third-order valence-corrected chi connectivity index (χ3v) is 2.42. The normalized spacial score (nSPS) is 10.2. The van der Waals surface area contributed by atoms with E-state index in [2.05, 4.69) is 15.3 Å². The zero-order chi connectivity index (χ0) is 12.5. The molecule has 0 aliphatic heterocycles. The summed E-state index contributed by atoms with van der Waals surface area (Å²) in [6.45, 7) is 0.835. The van der Waals surface area contributed by atoms with Gasteiger partial charge in [-0.1, -0.05) is 24.4 Å². The molecule has 0 atom stereocenters.